The molecular weight excluding hydrogens is 264 g/mol. The van der Waals surface area contributed by atoms with Crippen molar-refractivity contribution in [2.75, 3.05) is 0 Å². The summed E-state index contributed by atoms with van der Waals surface area (Å²) in [6.07, 6.45) is 14.0. The minimum Gasteiger partial charge on any atom is -0.462 e. The van der Waals surface area contributed by atoms with E-state index in [2.05, 4.69) is 6.92 Å². The van der Waals surface area contributed by atoms with Crippen LogP contribution in [-0.4, -0.2) is 18.4 Å². The molecule has 0 spiro atoms. The van der Waals surface area contributed by atoms with Gasteiger partial charge in [-0.1, -0.05) is 19.4 Å². The second-order valence-electron chi connectivity index (χ2n) is 6.62. The van der Waals surface area contributed by atoms with Gasteiger partial charge in [-0.15, -0.1) is 0 Å². The molecule has 2 rings (SSSR count). The van der Waals surface area contributed by atoms with Gasteiger partial charge in [0.1, 0.15) is 12.4 Å². The Hall–Kier alpha value is -1.12. The van der Waals surface area contributed by atoms with Gasteiger partial charge in [-0.2, -0.15) is 0 Å². The highest BCUT2D eigenvalue weighted by Crippen LogP contribution is 2.33. The number of esters is 1. The number of carbonyl (C=O) groups is 2. The van der Waals surface area contributed by atoms with E-state index in [-0.39, 0.29) is 18.0 Å². The molecule has 0 aromatic rings. The lowest BCUT2D eigenvalue weighted by Crippen LogP contribution is -2.29. The molecule has 0 saturated heterocycles. The SMILES string of the molecule is CC[C@H]1CC[C@H](C(=O)O[C@H]2CC[C@H](C=CC=O)CC2)CC1. The molecule has 2 aliphatic rings. The van der Waals surface area contributed by atoms with E-state index >= 15 is 0 Å². The molecule has 118 valence electrons. The molecular formula is C18H28O3. The molecule has 2 fully saturated rings. The Morgan fingerprint density at radius 2 is 1.71 bits per heavy atom. The zero-order valence-electron chi connectivity index (χ0n) is 13.1. The van der Waals surface area contributed by atoms with Crippen molar-refractivity contribution in [1.82, 2.24) is 0 Å². The van der Waals surface area contributed by atoms with E-state index in [1.54, 1.807) is 6.08 Å². The first-order chi connectivity index (χ1) is 10.2. The van der Waals surface area contributed by atoms with E-state index < -0.39 is 0 Å². The van der Waals surface area contributed by atoms with Crippen molar-refractivity contribution < 1.29 is 14.3 Å². The smallest absolute Gasteiger partial charge is 0.309 e. The molecule has 0 amide bonds. The number of carbonyl (C=O) groups excluding carboxylic acids is 2. The van der Waals surface area contributed by atoms with Crippen LogP contribution in [-0.2, 0) is 14.3 Å². The van der Waals surface area contributed by atoms with Crippen molar-refractivity contribution in [2.24, 2.45) is 17.8 Å². The third kappa shape index (κ3) is 4.98. The number of hydrogen-bond acceptors (Lipinski definition) is 3. The maximum atomic E-state index is 12.2. The van der Waals surface area contributed by atoms with Crippen LogP contribution in [0.3, 0.4) is 0 Å². The van der Waals surface area contributed by atoms with Crippen LogP contribution < -0.4 is 0 Å². The van der Waals surface area contributed by atoms with Gasteiger partial charge in [-0.3, -0.25) is 9.59 Å². The second kappa shape index (κ2) is 8.35. The van der Waals surface area contributed by atoms with Crippen molar-refractivity contribution >= 4 is 12.3 Å². The lowest BCUT2D eigenvalue weighted by Gasteiger charge is -2.30. The Bertz CT molecular complexity index is 359. The van der Waals surface area contributed by atoms with Gasteiger partial charge in [-0.25, -0.2) is 0 Å². The molecule has 0 unspecified atom stereocenters. The monoisotopic (exact) mass is 292 g/mol. The predicted molar refractivity (Wildman–Crippen MR) is 82.8 cm³/mol. The third-order valence-electron chi connectivity index (χ3n) is 5.22. The molecule has 0 N–H and O–H groups in total. The first-order valence-corrected chi connectivity index (χ1v) is 8.55. The molecule has 3 heteroatoms. The molecule has 3 nitrogen and oxygen atoms in total. The van der Waals surface area contributed by atoms with Crippen LogP contribution in [0.4, 0.5) is 0 Å². The van der Waals surface area contributed by atoms with Gasteiger partial charge in [0.05, 0.1) is 5.92 Å². The number of ether oxygens (including phenoxy) is 1. The molecule has 21 heavy (non-hydrogen) atoms. The fourth-order valence-corrected chi connectivity index (χ4v) is 3.67. The zero-order valence-corrected chi connectivity index (χ0v) is 13.1. The first-order valence-electron chi connectivity index (χ1n) is 8.55. The topological polar surface area (TPSA) is 43.4 Å². The molecule has 0 atom stereocenters. The summed E-state index contributed by atoms with van der Waals surface area (Å²) in [6.45, 7) is 2.24. The second-order valence-corrected chi connectivity index (χ2v) is 6.62. The molecule has 0 heterocycles. The van der Waals surface area contributed by atoms with Gasteiger partial charge >= 0.3 is 5.97 Å². The molecule has 2 saturated carbocycles. The standard InChI is InChI=1S/C18H28O3/c1-2-14-5-9-16(10-6-14)18(20)21-17-11-7-15(8-12-17)4-3-13-19/h3-4,13-17H,2,5-12H2,1H3/t14-,15-,16-,17-. The summed E-state index contributed by atoms with van der Waals surface area (Å²) >= 11 is 0. The van der Waals surface area contributed by atoms with Crippen molar-refractivity contribution in [1.29, 1.82) is 0 Å². The minimum atomic E-state index is 0.0384. The quantitative estimate of drug-likeness (QED) is 0.436. The Kier molecular flexibility index (Phi) is 6.47. The van der Waals surface area contributed by atoms with Gasteiger partial charge < -0.3 is 4.74 Å². The van der Waals surface area contributed by atoms with Crippen LogP contribution in [0, 0.1) is 17.8 Å². The van der Waals surface area contributed by atoms with Crippen LogP contribution >= 0.6 is 0 Å². The van der Waals surface area contributed by atoms with E-state index in [0.29, 0.717) is 5.92 Å². The van der Waals surface area contributed by atoms with Crippen molar-refractivity contribution in [2.45, 2.75) is 70.8 Å². The van der Waals surface area contributed by atoms with E-state index in [1.807, 2.05) is 6.08 Å². The molecule has 0 radical (unpaired) electrons. The highest BCUT2D eigenvalue weighted by molar-refractivity contribution is 5.72. The number of rotatable bonds is 5. The van der Waals surface area contributed by atoms with Gasteiger partial charge in [0.25, 0.3) is 0 Å². The fraction of sp³-hybridized carbons (Fsp3) is 0.778. The maximum Gasteiger partial charge on any atom is 0.309 e. The summed E-state index contributed by atoms with van der Waals surface area (Å²) in [5.41, 5.74) is 0. The summed E-state index contributed by atoms with van der Waals surface area (Å²) in [4.78, 5) is 22.6. The molecule has 0 aliphatic heterocycles. The fourth-order valence-electron chi connectivity index (χ4n) is 3.67. The molecule has 0 aromatic heterocycles. The number of allylic oxidation sites excluding steroid dienone is 2. The predicted octanol–water partition coefficient (Wildman–Crippen LogP) is 4.06. The van der Waals surface area contributed by atoms with E-state index in [9.17, 15) is 9.59 Å². The van der Waals surface area contributed by atoms with Crippen molar-refractivity contribution in [3.63, 3.8) is 0 Å². The Morgan fingerprint density at radius 1 is 1.05 bits per heavy atom. The Morgan fingerprint density at radius 3 is 2.29 bits per heavy atom. The van der Waals surface area contributed by atoms with Crippen LogP contribution in [0.1, 0.15) is 64.7 Å². The first kappa shape index (κ1) is 16.3. The van der Waals surface area contributed by atoms with Crippen LogP contribution in [0.2, 0.25) is 0 Å². The average Bonchev–Trinajstić information content (AvgIpc) is 2.54. The lowest BCUT2D eigenvalue weighted by molar-refractivity contribution is -0.157. The van der Waals surface area contributed by atoms with Crippen LogP contribution in [0.15, 0.2) is 12.2 Å². The summed E-state index contributed by atoms with van der Waals surface area (Å²) in [5, 5.41) is 0. The summed E-state index contributed by atoms with van der Waals surface area (Å²) in [6, 6.07) is 0. The van der Waals surface area contributed by atoms with Crippen LogP contribution in [0.25, 0.3) is 0 Å². The molecule has 0 aromatic carbocycles. The summed E-state index contributed by atoms with van der Waals surface area (Å²) < 4.78 is 5.72. The normalized spacial score (nSPS) is 33.8. The van der Waals surface area contributed by atoms with Gasteiger partial charge in [0, 0.05) is 0 Å². The molecule has 2 aliphatic carbocycles. The third-order valence-corrected chi connectivity index (χ3v) is 5.22. The van der Waals surface area contributed by atoms with Crippen molar-refractivity contribution in [3.8, 4) is 0 Å². The number of aldehydes is 1. The summed E-state index contributed by atoms with van der Waals surface area (Å²) in [7, 11) is 0. The zero-order chi connectivity index (χ0) is 15.1. The average molecular weight is 292 g/mol. The van der Waals surface area contributed by atoms with E-state index in [1.165, 1.54) is 19.3 Å². The van der Waals surface area contributed by atoms with Gasteiger partial charge in [0.15, 0.2) is 0 Å². The number of hydrogen-bond donors (Lipinski definition) is 0. The lowest BCUT2D eigenvalue weighted by atomic mass is 9.81. The molecule has 0 bridgehead atoms. The summed E-state index contributed by atoms with van der Waals surface area (Å²) in [5.74, 6) is 1.47. The largest absolute Gasteiger partial charge is 0.462 e. The van der Waals surface area contributed by atoms with Gasteiger partial charge in [0.2, 0.25) is 0 Å². The Balaban J connectivity index is 1.70. The Labute approximate surface area is 128 Å². The van der Waals surface area contributed by atoms with E-state index in [0.717, 1.165) is 50.7 Å². The van der Waals surface area contributed by atoms with Crippen LogP contribution in [0.5, 0.6) is 0 Å². The highest BCUT2D eigenvalue weighted by Gasteiger charge is 2.29. The van der Waals surface area contributed by atoms with E-state index in [4.69, 9.17) is 4.74 Å². The minimum absolute atomic E-state index is 0.0384. The van der Waals surface area contributed by atoms with Crippen molar-refractivity contribution in [3.05, 3.63) is 12.2 Å². The maximum absolute atomic E-state index is 12.2. The van der Waals surface area contributed by atoms with Gasteiger partial charge in [-0.05, 0) is 69.3 Å². The highest BCUT2D eigenvalue weighted by atomic mass is 16.5.